The molecule has 1 aliphatic heterocycles. The van der Waals surface area contributed by atoms with Crippen molar-refractivity contribution in [1.29, 1.82) is 0 Å². The van der Waals surface area contributed by atoms with Crippen LogP contribution in [0, 0.1) is 6.92 Å². The Balaban J connectivity index is 1.56. The van der Waals surface area contributed by atoms with Gasteiger partial charge in [-0.1, -0.05) is 23.8 Å². The zero-order valence-electron chi connectivity index (χ0n) is 15.3. The Morgan fingerprint density at radius 1 is 1.11 bits per heavy atom. The molecular weight excluding hydrogens is 380 g/mol. The molecule has 0 spiro atoms. The highest BCUT2D eigenvalue weighted by Gasteiger charge is 2.27. The maximum Gasteiger partial charge on any atom is 0.251 e. The Hall–Kier alpha value is -1.83. The number of carbonyl (C=O) groups excluding carboxylic acids is 1. The van der Waals surface area contributed by atoms with Crippen molar-refractivity contribution in [2.75, 3.05) is 25.4 Å². The minimum atomic E-state index is -3.51. The van der Waals surface area contributed by atoms with E-state index in [1.165, 1.54) is 15.9 Å². The summed E-state index contributed by atoms with van der Waals surface area (Å²) in [5, 5.41) is 2.86. The van der Waals surface area contributed by atoms with Crippen LogP contribution in [0.2, 0.25) is 0 Å². The average molecular weight is 405 g/mol. The monoisotopic (exact) mass is 404 g/mol. The second-order valence-corrected chi connectivity index (χ2v) is 9.66. The second kappa shape index (κ2) is 8.91. The van der Waals surface area contributed by atoms with Crippen LogP contribution in [0.4, 0.5) is 0 Å². The first-order chi connectivity index (χ1) is 13.0. The number of benzene rings is 2. The summed E-state index contributed by atoms with van der Waals surface area (Å²) in [7, 11) is -3.51. The SMILES string of the molecule is Cc1ccc(SCCNC(=O)c2cccc(S(=O)(=O)N3CCCC3)c2)cc1. The van der Waals surface area contributed by atoms with Gasteiger partial charge in [-0.25, -0.2) is 8.42 Å². The Morgan fingerprint density at radius 2 is 1.81 bits per heavy atom. The Labute approximate surface area is 165 Å². The zero-order valence-corrected chi connectivity index (χ0v) is 17.0. The molecule has 5 nitrogen and oxygen atoms in total. The van der Waals surface area contributed by atoms with E-state index in [9.17, 15) is 13.2 Å². The van der Waals surface area contributed by atoms with Gasteiger partial charge in [-0.15, -0.1) is 11.8 Å². The molecule has 1 heterocycles. The van der Waals surface area contributed by atoms with Crippen molar-refractivity contribution in [3.05, 3.63) is 59.7 Å². The molecule has 1 aliphatic rings. The van der Waals surface area contributed by atoms with E-state index in [2.05, 4.69) is 29.6 Å². The fraction of sp³-hybridized carbons (Fsp3) is 0.350. The minimum absolute atomic E-state index is 0.186. The fourth-order valence-electron chi connectivity index (χ4n) is 2.95. The predicted molar refractivity (Wildman–Crippen MR) is 109 cm³/mol. The molecule has 0 bridgehead atoms. The molecule has 1 amide bonds. The van der Waals surface area contributed by atoms with Crippen LogP contribution in [-0.4, -0.2) is 44.0 Å². The van der Waals surface area contributed by atoms with Gasteiger partial charge in [0.15, 0.2) is 0 Å². The standard InChI is InChI=1S/C20H24N2O3S2/c1-16-7-9-18(10-8-16)26-14-11-21-20(23)17-5-4-6-19(15-17)27(24,25)22-12-2-3-13-22/h4-10,15H,2-3,11-14H2,1H3,(H,21,23). The van der Waals surface area contributed by atoms with Gasteiger partial charge in [-0.2, -0.15) is 4.31 Å². The van der Waals surface area contributed by atoms with Crippen molar-refractivity contribution < 1.29 is 13.2 Å². The number of hydrogen-bond acceptors (Lipinski definition) is 4. The number of thioether (sulfide) groups is 1. The molecule has 0 saturated carbocycles. The number of nitrogens with zero attached hydrogens (tertiary/aromatic N) is 1. The molecular formula is C20H24N2O3S2. The molecule has 3 rings (SSSR count). The molecule has 0 unspecified atom stereocenters. The normalized spacial score (nSPS) is 15.0. The fourth-order valence-corrected chi connectivity index (χ4v) is 5.28. The molecule has 1 fully saturated rings. The molecule has 27 heavy (non-hydrogen) atoms. The Bertz CT molecular complexity index is 890. The van der Waals surface area contributed by atoms with Crippen LogP contribution in [0.1, 0.15) is 28.8 Å². The number of amides is 1. The molecule has 1 saturated heterocycles. The molecule has 0 aromatic heterocycles. The Kier molecular flexibility index (Phi) is 6.57. The van der Waals surface area contributed by atoms with E-state index in [0.717, 1.165) is 23.5 Å². The summed E-state index contributed by atoms with van der Waals surface area (Å²) in [5.74, 6) is 0.499. The van der Waals surface area contributed by atoms with E-state index in [1.54, 1.807) is 30.0 Å². The summed E-state index contributed by atoms with van der Waals surface area (Å²) < 4.78 is 26.8. The van der Waals surface area contributed by atoms with Crippen molar-refractivity contribution >= 4 is 27.7 Å². The molecule has 1 N–H and O–H groups in total. The van der Waals surface area contributed by atoms with Crippen LogP contribution < -0.4 is 5.32 Å². The predicted octanol–water partition coefficient (Wildman–Crippen LogP) is 3.30. The van der Waals surface area contributed by atoms with E-state index in [1.807, 2.05) is 6.92 Å². The molecule has 7 heteroatoms. The quantitative estimate of drug-likeness (QED) is 0.568. The zero-order chi connectivity index (χ0) is 19.3. The lowest BCUT2D eigenvalue weighted by Gasteiger charge is -2.16. The summed E-state index contributed by atoms with van der Waals surface area (Å²) in [4.78, 5) is 13.7. The van der Waals surface area contributed by atoms with Crippen molar-refractivity contribution in [1.82, 2.24) is 9.62 Å². The third kappa shape index (κ3) is 5.12. The highest BCUT2D eigenvalue weighted by Crippen LogP contribution is 2.21. The third-order valence-electron chi connectivity index (χ3n) is 4.48. The van der Waals surface area contributed by atoms with Crippen LogP contribution in [-0.2, 0) is 10.0 Å². The maximum absolute atomic E-state index is 12.6. The van der Waals surface area contributed by atoms with Crippen molar-refractivity contribution in [2.24, 2.45) is 0 Å². The van der Waals surface area contributed by atoms with Crippen molar-refractivity contribution in [2.45, 2.75) is 29.6 Å². The molecule has 144 valence electrons. The highest BCUT2D eigenvalue weighted by molar-refractivity contribution is 7.99. The number of sulfonamides is 1. The third-order valence-corrected chi connectivity index (χ3v) is 7.38. The summed E-state index contributed by atoms with van der Waals surface area (Å²) in [6.45, 7) is 3.66. The van der Waals surface area contributed by atoms with Gasteiger partial charge >= 0.3 is 0 Å². The van der Waals surface area contributed by atoms with Gasteiger partial charge in [0, 0.05) is 35.8 Å². The largest absolute Gasteiger partial charge is 0.351 e. The number of carbonyl (C=O) groups is 1. The lowest BCUT2D eigenvalue weighted by atomic mass is 10.2. The first-order valence-corrected chi connectivity index (χ1v) is 11.5. The highest BCUT2D eigenvalue weighted by atomic mass is 32.2. The van der Waals surface area contributed by atoms with E-state index in [0.29, 0.717) is 25.2 Å². The summed E-state index contributed by atoms with van der Waals surface area (Å²) >= 11 is 1.67. The number of aryl methyl sites for hydroxylation is 1. The van der Waals surface area contributed by atoms with Crippen molar-refractivity contribution in [3.8, 4) is 0 Å². The molecule has 2 aromatic carbocycles. The van der Waals surface area contributed by atoms with Gasteiger partial charge in [0.1, 0.15) is 0 Å². The topological polar surface area (TPSA) is 66.5 Å². The molecule has 0 radical (unpaired) electrons. The maximum atomic E-state index is 12.6. The van der Waals surface area contributed by atoms with E-state index in [4.69, 9.17) is 0 Å². The van der Waals surface area contributed by atoms with Gasteiger partial charge in [0.25, 0.3) is 5.91 Å². The molecule has 0 atom stereocenters. The molecule has 0 aliphatic carbocycles. The van der Waals surface area contributed by atoms with Crippen LogP contribution in [0.5, 0.6) is 0 Å². The van der Waals surface area contributed by atoms with Crippen LogP contribution in [0.25, 0.3) is 0 Å². The van der Waals surface area contributed by atoms with Gasteiger partial charge < -0.3 is 5.32 Å². The van der Waals surface area contributed by atoms with Crippen LogP contribution >= 0.6 is 11.8 Å². The van der Waals surface area contributed by atoms with Crippen LogP contribution in [0.3, 0.4) is 0 Å². The number of hydrogen-bond donors (Lipinski definition) is 1. The lowest BCUT2D eigenvalue weighted by Crippen LogP contribution is -2.29. The summed E-state index contributed by atoms with van der Waals surface area (Å²) in [6.07, 6.45) is 1.77. The van der Waals surface area contributed by atoms with Gasteiger partial charge in [-0.3, -0.25) is 4.79 Å². The number of rotatable bonds is 7. The second-order valence-electron chi connectivity index (χ2n) is 6.56. The first-order valence-electron chi connectivity index (χ1n) is 9.05. The lowest BCUT2D eigenvalue weighted by molar-refractivity contribution is 0.0956. The molecule has 2 aromatic rings. The average Bonchev–Trinajstić information content (AvgIpc) is 3.22. The smallest absolute Gasteiger partial charge is 0.251 e. The van der Waals surface area contributed by atoms with E-state index < -0.39 is 10.0 Å². The number of nitrogens with one attached hydrogen (secondary N) is 1. The van der Waals surface area contributed by atoms with Gasteiger partial charge in [-0.05, 0) is 50.1 Å². The van der Waals surface area contributed by atoms with Gasteiger partial charge in [0.05, 0.1) is 4.90 Å². The first kappa shape index (κ1) is 19.9. The summed E-state index contributed by atoms with van der Waals surface area (Å²) in [5.41, 5.74) is 1.59. The Morgan fingerprint density at radius 3 is 2.52 bits per heavy atom. The summed E-state index contributed by atoms with van der Waals surface area (Å²) in [6, 6.07) is 14.5. The van der Waals surface area contributed by atoms with E-state index in [-0.39, 0.29) is 10.8 Å². The minimum Gasteiger partial charge on any atom is -0.351 e. The van der Waals surface area contributed by atoms with Crippen LogP contribution in [0.15, 0.2) is 58.3 Å². The van der Waals surface area contributed by atoms with Crippen molar-refractivity contribution in [3.63, 3.8) is 0 Å². The van der Waals surface area contributed by atoms with E-state index >= 15 is 0 Å². The van der Waals surface area contributed by atoms with Gasteiger partial charge in [0.2, 0.25) is 10.0 Å².